The van der Waals surface area contributed by atoms with Crippen molar-refractivity contribution >= 4 is 40.7 Å². The Labute approximate surface area is 156 Å². The smallest absolute Gasteiger partial charge is 0.244 e. The summed E-state index contributed by atoms with van der Waals surface area (Å²) in [6.45, 7) is 1.53. The number of nitrogens with one attached hydrogen (secondary N) is 1. The molecule has 0 heterocycles. The average Bonchev–Trinajstić information content (AvgIpc) is 2.58. The second-order valence-corrected chi connectivity index (χ2v) is 6.15. The van der Waals surface area contributed by atoms with Gasteiger partial charge in [0.15, 0.2) is 0 Å². The van der Waals surface area contributed by atoms with Crippen LogP contribution < -0.4 is 10.1 Å². The lowest BCUT2D eigenvalue weighted by molar-refractivity contribution is -0.133. The van der Waals surface area contributed by atoms with E-state index in [1.165, 1.54) is 11.8 Å². The normalized spacial score (nSPS) is 10.2. The van der Waals surface area contributed by atoms with E-state index >= 15 is 0 Å². The van der Waals surface area contributed by atoms with Crippen LogP contribution in [-0.2, 0) is 16.1 Å². The van der Waals surface area contributed by atoms with Crippen molar-refractivity contribution < 1.29 is 14.3 Å². The third kappa shape index (κ3) is 5.11. The van der Waals surface area contributed by atoms with Crippen LogP contribution in [0.25, 0.3) is 0 Å². The molecule has 0 fully saturated rings. The monoisotopic (exact) mass is 380 g/mol. The van der Waals surface area contributed by atoms with E-state index in [0.717, 1.165) is 5.56 Å². The van der Waals surface area contributed by atoms with Gasteiger partial charge in [0.2, 0.25) is 11.8 Å². The molecule has 0 atom stereocenters. The standard InChI is InChI=1S/C18H18Cl2N2O3/c1-12(23)22(10-13-6-3-4-9-16(13)25-2)11-17(24)21-18-14(19)7-5-8-15(18)20/h3-9H,10-11H2,1-2H3,(H,21,24). The predicted molar refractivity (Wildman–Crippen MR) is 99.2 cm³/mol. The number of benzene rings is 2. The maximum atomic E-state index is 12.3. The Balaban J connectivity index is 2.11. The van der Waals surface area contributed by atoms with Crippen molar-refractivity contribution in [3.8, 4) is 5.75 Å². The third-order valence-electron chi connectivity index (χ3n) is 3.56. The minimum Gasteiger partial charge on any atom is -0.496 e. The molecular weight excluding hydrogens is 363 g/mol. The average molecular weight is 381 g/mol. The summed E-state index contributed by atoms with van der Waals surface area (Å²) in [7, 11) is 1.56. The van der Waals surface area contributed by atoms with E-state index in [1.807, 2.05) is 18.2 Å². The van der Waals surface area contributed by atoms with Crippen molar-refractivity contribution in [3.05, 3.63) is 58.1 Å². The van der Waals surface area contributed by atoms with Gasteiger partial charge in [0, 0.05) is 19.0 Å². The van der Waals surface area contributed by atoms with Crippen LogP contribution in [0.3, 0.4) is 0 Å². The van der Waals surface area contributed by atoms with E-state index < -0.39 is 0 Å². The number of anilines is 1. The Bertz CT molecular complexity index is 760. The lowest BCUT2D eigenvalue weighted by Crippen LogP contribution is -2.36. The van der Waals surface area contributed by atoms with Crippen molar-refractivity contribution in [3.63, 3.8) is 0 Å². The van der Waals surface area contributed by atoms with Crippen molar-refractivity contribution in [2.45, 2.75) is 13.5 Å². The number of carbonyl (C=O) groups excluding carboxylic acids is 2. The number of amides is 2. The fraction of sp³-hybridized carbons (Fsp3) is 0.222. The minimum atomic E-state index is -0.389. The first-order chi connectivity index (χ1) is 11.9. The number of carbonyl (C=O) groups is 2. The van der Waals surface area contributed by atoms with Crippen molar-refractivity contribution in [2.24, 2.45) is 0 Å². The molecule has 0 unspecified atom stereocenters. The molecule has 2 aromatic rings. The molecule has 0 aliphatic rings. The van der Waals surface area contributed by atoms with E-state index in [0.29, 0.717) is 21.5 Å². The Hall–Kier alpha value is -2.24. The first-order valence-electron chi connectivity index (χ1n) is 7.53. The summed E-state index contributed by atoms with van der Waals surface area (Å²) in [6.07, 6.45) is 0. The van der Waals surface area contributed by atoms with Crippen LogP contribution in [0.1, 0.15) is 12.5 Å². The molecule has 2 amide bonds. The zero-order valence-corrected chi connectivity index (χ0v) is 15.4. The van der Waals surface area contributed by atoms with Gasteiger partial charge in [-0.25, -0.2) is 0 Å². The van der Waals surface area contributed by atoms with Crippen LogP contribution in [-0.4, -0.2) is 30.4 Å². The predicted octanol–water partition coefficient (Wildman–Crippen LogP) is 3.99. The quantitative estimate of drug-likeness (QED) is 0.823. The van der Waals surface area contributed by atoms with Crippen LogP contribution in [0.2, 0.25) is 10.0 Å². The second kappa shape index (κ2) is 8.74. The molecule has 0 aliphatic carbocycles. The van der Waals surface area contributed by atoms with Crippen LogP contribution in [0.5, 0.6) is 5.75 Å². The molecule has 132 valence electrons. The topological polar surface area (TPSA) is 58.6 Å². The fourth-order valence-corrected chi connectivity index (χ4v) is 2.78. The summed E-state index contributed by atoms with van der Waals surface area (Å²) in [5.41, 5.74) is 1.14. The summed E-state index contributed by atoms with van der Waals surface area (Å²) in [4.78, 5) is 25.7. The van der Waals surface area contributed by atoms with Crippen molar-refractivity contribution in [2.75, 3.05) is 19.0 Å². The fourth-order valence-electron chi connectivity index (χ4n) is 2.29. The highest BCUT2D eigenvalue weighted by Gasteiger charge is 2.17. The third-order valence-corrected chi connectivity index (χ3v) is 4.19. The minimum absolute atomic E-state index is 0.130. The van der Waals surface area contributed by atoms with Crippen LogP contribution in [0.4, 0.5) is 5.69 Å². The molecule has 2 rings (SSSR count). The van der Waals surface area contributed by atoms with Crippen LogP contribution in [0.15, 0.2) is 42.5 Å². The number of nitrogens with zero attached hydrogens (tertiary/aromatic N) is 1. The largest absolute Gasteiger partial charge is 0.496 e. The number of halogens is 2. The molecule has 0 saturated carbocycles. The number of hydrogen-bond acceptors (Lipinski definition) is 3. The molecule has 0 saturated heterocycles. The van der Waals surface area contributed by atoms with E-state index in [9.17, 15) is 9.59 Å². The zero-order chi connectivity index (χ0) is 18.4. The molecule has 7 heteroatoms. The number of para-hydroxylation sites is 2. The van der Waals surface area contributed by atoms with E-state index in [-0.39, 0.29) is 24.9 Å². The molecular formula is C18H18Cl2N2O3. The molecule has 0 aromatic heterocycles. The SMILES string of the molecule is COc1ccccc1CN(CC(=O)Nc1c(Cl)cccc1Cl)C(C)=O. The maximum Gasteiger partial charge on any atom is 0.244 e. The van der Waals surface area contributed by atoms with Crippen LogP contribution in [0, 0.1) is 0 Å². The van der Waals surface area contributed by atoms with Gasteiger partial charge >= 0.3 is 0 Å². The van der Waals surface area contributed by atoms with Gasteiger partial charge < -0.3 is 15.0 Å². The van der Waals surface area contributed by atoms with E-state index in [4.69, 9.17) is 27.9 Å². The Morgan fingerprint density at radius 2 is 1.72 bits per heavy atom. The Morgan fingerprint density at radius 1 is 1.08 bits per heavy atom. The van der Waals surface area contributed by atoms with Crippen LogP contribution >= 0.6 is 23.2 Å². The van der Waals surface area contributed by atoms with Gasteiger partial charge in [0.05, 0.1) is 22.8 Å². The highest BCUT2D eigenvalue weighted by molar-refractivity contribution is 6.39. The molecule has 25 heavy (non-hydrogen) atoms. The molecule has 5 nitrogen and oxygen atoms in total. The van der Waals surface area contributed by atoms with Crippen molar-refractivity contribution in [1.82, 2.24) is 4.90 Å². The highest BCUT2D eigenvalue weighted by atomic mass is 35.5. The number of rotatable bonds is 6. The summed E-state index contributed by atoms with van der Waals surface area (Å²) < 4.78 is 5.28. The summed E-state index contributed by atoms with van der Waals surface area (Å²) in [6, 6.07) is 12.3. The second-order valence-electron chi connectivity index (χ2n) is 5.33. The molecule has 2 aromatic carbocycles. The Kier molecular flexibility index (Phi) is 6.67. The van der Waals surface area contributed by atoms with Gasteiger partial charge in [0.25, 0.3) is 0 Å². The van der Waals surface area contributed by atoms with Gasteiger partial charge in [-0.3, -0.25) is 9.59 Å². The number of hydrogen-bond donors (Lipinski definition) is 1. The molecule has 0 radical (unpaired) electrons. The summed E-state index contributed by atoms with van der Waals surface area (Å²) in [5, 5.41) is 3.32. The van der Waals surface area contributed by atoms with E-state index in [1.54, 1.807) is 31.4 Å². The highest BCUT2D eigenvalue weighted by Crippen LogP contribution is 2.29. The molecule has 0 bridgehead atoms. The molecule has 1 N–H and O–H groups in total. The molecule has 0 spiro atoms. The summed E-state index contributed by atoms with van der Waals surface area (Å²) >= 11 is 12.1. The Morgan fingerprint density at radius 3 is 2.32 bits per heavy atom. The van der Waals surface area contributed by atoms with Gasteiger partial charge in [-0.1, -0.05) is 47.5 Å². The van der Waals surface area contributed by atoms with Gasteiger partial charge in [-0.05, 0) is 18.2 Å². The number of ether oxygens (including phenoxy) is 1. The number of methoxy groups -OCH3 is 1. The lowest BCUT2D eigenvalue weighted by atomic mass is 10.2. The molecule has 0 aliphatic heterocycles. The lowest BCUT2D eigenvalue weighted by Gasteiger charge is -2.22. The summed E-state index contributed by atoms with van der Waals surface area (Å²) in [5.74, 6) is 0.0368. The van der Waals surface area contributed by atoms with Crippen molar-refractivity contribution in [1.29, 1.82) is 0 Å². The van der Waals surface area contributed by atoms with Gasteiger partial charge in [0.1, 0.15) is 12.3 Å². The van der Waals surface area contributed by atoms with Gasteiger partial charge in [-0.2, -0.15) is 0 Å². The first kappa shape index (κ1) is 19.1. The van der Waals surface area contributed by atoms with Gasteiger partial charge in [-0.15, -0.1) is 0 Å². The maximum absolute atomic E-state index is 12.3. The zero-order valence-electron chi connectivity index (χ0n) is 13.9. The first-order valence-corrected chi connectivity index (χ1v) is 8.29. The van der Waals surface area contributed by atoms with E-state index in [2.05, 4.69) is 5.32 Å².